The molecule has 100 valence electrons. The Labute approximate surface area is 116 Å². The lowest BCUT2D eigenvalue weighted by atomic mass is 10.1. The molecule has 0 aliphatic rings. The number of benzene rings is 1. The highest BCUT2D eigenvalue weighted by molar-refractivity contribution is 7.99. The Morgan fingerprint density at radius 2 is 2.00 bits per heavy atom. The fourth-order valence-corrected chi connectivity index (χ4v) is 2.35. The van der Waals surface area contributed by atoms with Crippen LogP contribution in [0.25, 0.3) is 0 Å². The second-order valence-corrected chi connectivity index (χ2v) is 4.97. The first kappa shape index (κ1) is 13.6. The quantitative estimate of drug-likeness (QED) is 0.619. The summed E-state index contributed by atoms with van der Waals surface area (Å²) in [6.07, 6.45) is 0. The Morgan fingerprint density at radius 3 is 2.53 bits per heavy atom. The Hall–Kier alpha value is -1.82. The van der Waals surface area contributed by atoms with Gasteiger partial charge in [-0.2, -0.15) is 0 Å². The van der Waals surface area contributed by atoms with E-state index in [1.807, 2.05) is 18.5 Å². The number of ether oxygens (including phenoxy) is 1. The molecule has 0 fully saturated rings. The Kier molecular flexibility index (Phi) is 4.21. The number of aryl methyl sites for hydroxylation is 1. The molecule has 1 aromatic carbocycles. The van der Waals surface area contributed by atoms with Gasteiger partial charge >= 0.3 is 0 Å². The molecular weight excluding hydrogens is 262 g/mol. The molecule has 0 aliphatic carbocycles. The standard InChI is InChI=1S/C13H15N3O2S/c1-9-14-15-13(16(9)2)19-8-12(17)10-4-6-11(18-3)7-5-10/h4-7H,8H2,1-3H3. The van der Waals surface area contributed by atoms with Crippen molar-refractivity contribution in [1.82, 2.24) is 14.8 Å². The molecule has 0 aliphatic heterocycles. The first-order chi connectivity index (χ1) is 9.11. The molecule has 0 radical (unpaired) electrons. The molecule has 6 heteroatoms. The minimum Gasteiger partial charge on any atom is -0.497 e. The average Bonchev–Trinajstić information content (AvgIpc) is 2.76. The van der Waals surface area contributed by atoms with Crippen molar-refractivity contribution in [3.8, 4) is 5.75 Å². The van der Waals surface area contributed by atoms with Crippen LogP contribution in [0.2, 0.25) is 0 Å². The van der Waals surface area contributed by atoms with Crippen LogP contribution in [0.3, 0.4) is 0 Å². The number of hydrogen-bond acceptors (Lipinski definition) is 5. The van der Waals surface area contributed by atoms with Gasteiger partial charge in [0.15, 0.2) is 10.9 Å². The summed E-state index contributed by atoms with van der Waals surface area (Å²) in [5.74, 6) is 1.99. The summed E-state index contributed by atoms with van der Waals surface area (Å²) in [7, 11) is 3.48. The fourth-order valence-electron chi connectivity index (χ4n) is 1.50. The molecule has 0 amide bonds. The van der Waals surface area contributed by atoms with Crippen LogP contribution in [0, 0.1) is 6.92 Å². The van der Waals surface area contributed by atoms with E-state index >= 15 is 0 Å². The van der Waals surface area contributed by atoms with Gasteiger partial charge in [0, 0.05) is 12.6 Å². The topological polar surface area (TPSA) is 57.0 Å². The van der Waals surface area contributed by atoms with Crippen molar-refractivity contribution in [2.24, 2.45) is 7.05 Å². The summed E-state index contributed by atoms with van der Waals surface area (Å²) < 4.78 is 6.93. The number of methoxy groups -OCH3 is 1. The molecular formula is C13H15N3O2S. The van der Waals surface area contributed by atoms with Gasteiger partial charge in [0.05, 0.1) is 12.9 Å². The smallest absolute Gasteiger partial charge is 0.191 e. The van der Waals surface area contributed by atoms with Crippen molar-refractivity contribution in [2.75, 3.05) is 12.9 Å². The molecule has 19 heavy (non-hydrogen) atoms. The lowest BCUT2D eigenvalue weighted by molar-refractivity contribution is 0.102. The minimum absolute atomic E-state index is 0.0632. The van der Waals surface area contributed by atoms with Crippen LogP contribution in [0.1, 0.15) is 16.2 Å². The maximum absolute atomic E-state index is 12.0. The highest BCUT2D eigenvalue weighted by atomic mass is 32.2. The monoisotopic (exact) mass is 277 g/mol. The van der Waals surface area contributed by atoms with E-state index in [0.29, 0.717) is 11.3 Å². The lowest BCUT2D eigenvalue weighted by Crippen LogP contribution is -2.04. The van der Waals surface area contributed by atoms with Crippen LogP contribution >= 0.6 is 11.8 Å². The van der Waals surface area contributed by atoms with E-state index in [9.17, 15) is 4.79 Å². The predicted molar refractivity (Wildman–Crippen MR) is 73.8 cm³/mol. The lowest BCUT2D eigenvalue weighted by Gasteiger charge is -2.03. The van der Waals surface area contributed by atoms with E-state index in [0.717, 1.165) is 16.7 Å². The molecule has 0 spiro atoms. The van der Waals surface area contributed by atoms with Crippen LogP contribution in [0.15, 0.2) is 29.4 Å². The van der Waals surface area contributed by atoms with E-state index < -0.39 is 0 Å². The third-order valence-corrected chi connectivity index (χ3v) is 3.82. The Bertz CT molecular complexity index is 578. The van der Waals surface area contributed by atoms with E-state index in [-0.39, 0.29) is 5.78 Å². The van der Waals surface area contributed by atoms with Crippen molar-refractivity contribution in [3.63, 3.8) is 0 Å². The number of thioether (sulfide) groups is 1. The van der Waals surface area contributed by atoms with Crippen LogP contribution in [0.5, 0.6) is 5.75 Å². The number of hydrogen-bond donors (Lipinski definition) is 0. The van der Waals surface area contributed by atoms with E-state index in [1.54, 1.807) is 31.4 Å². The first-order valence-corrected chi connectivity index (χ1v) is 6.76. The Morgan fingerprint density at radius 1 is 1.32 bits per heavy atom. The molecule has 0 bridgehead atoms. The second kappa shape index (κ2) is 5.88. The Balaban J connectivity index is 1.99. The molecule has 0 saturated heterocycles. The molecule has 0 N–H and O–H groups in total. The van der Waals surface area contributed by atoms with Gasteiger partial charge in [-0.15, -0.1) is 10.2 Å². The summed E-state index contributed by atoms with van der Waals surface area (Å²) in [6, 6.07) is 7.10. The highest BCUT2D eigenvalue weighted by Gasteiger charge is 2.10. The van der Waals surface area contributed by atoms with Gasteiger partial charge in [-0.1, -0.05) is 11.8 Å². The summed E-state index contributed by atoms with van der Waals surface area (Å²) in [5.41, 5.74) is 0.673. The predicted octanol–water partition coefficient (Wildman–Crippen LogP) is 2.11. The number of carbonyl (C=O) groups excluding carboxylic acids is 1. The van der Waals surface area contributed by atoms with Gasteiger partial charge in [-0.25, -0.2) is 0 Å². The number of ketones is 1. The van der Waals surface area contributed by atoms with Gasteiger partial charge < -0.3 is 9.30 Å². The van der Waals surface area contributed by atoms with Gasteiger partial charge in [0.25, 0.3) is 0 Å². The zero-order valence-electron chi connectivity index (χ0n) is 11.1. The zero-order chi connectivity index (χ0) is 13.8. The van der Waals surface area contributed by atoms with Crippen LogP contribution in [-0.2, 0) is 7.05 Å². The molecule has 5 nitrogen and oxygen atoms in total. The van der Waals surface area contributed by atoms with Gasteiger partial charge in [-0.3, -0.25) is 4.79 Å². The normalized spacial score (nSPS) is 10.5. The fraction of sp³-hybridized carbons (Fsp3) is 0.308. The molecule has 0 unspecified atom stereocenters. The van der Waals surface area contributed by atoms with Crippen LogP contribution < -0.4 is 4.74 Å². The maximum Gasteiger partial charge on any atom is 0.191 e. The SMILES string of the molecule is COc1ccc(C(=O)CSc2nnc(C)n2C)cc1. The van der Waals surface area contributed by atoms with Gasteiger partial charge in [0.1, 0.15) is 11.6 Å². The van der Waals surface area contributed by atoms with E-state index in [4.69, 9.17) is 4.74 Å². The average molecular weight is 277 g/mol. The molecule has 0 atom stereocenters. The highest BCUT2D eigenvalue weighted by Crippen LogP contribution is 2.18. The third kappa shape index (κ3) is 3.14. The van der Waals surface area contributed by atoms with Crippen LogP contribution in [0.4, 0.5) is 0 Å². The van der Waals surface area contributed by atoms with Crippen molar-refractivity contribution in [3.05, 3.63) is 35.7 Å². The largest absolute Gasteiger partial charge is 0.497 e. The van der Waals surface area contributed by atoms with Crippen molar-refractivity contribution in [1.29, 1.82) is 0 Å². The number of aromatic nitrogens is 3. The number of nitrogens with zero attached hydrogens (tertiary/aromatic N) is 3. The second-order valence-electron chi connectivity index (χ2n) is 4.03. The van der Waals surface area contributed by atoms with Gasteiger partial charge in [0.2, 0.25) is 0 Å². The zero-order valence-corrected chi connectivity index (χ0v) is 11.9. The molecule has 1 aromatic heterocycles. The number of Topliss-reactive ketones (excluding diaryl/α,β-unsaturated/α-hetero) is 1. The van der Waals surface area contributed by atoms with Crippen molar-refractivity contribution in [2.45, 2.75) is 12.1 Å². The van der Waals surface area contributed by atoms with Crippen LogP contribution in [-0.4, -0.2) is 33.4 Å². The first-order valence-electron chi connectivity index (χ1n) is 5.78. The summed E-state index contributed by atoms with van der Waals surface area (Å²) in [5, 5.41) is 8.72. The number of carbonyl (C=O) groups is 1. The van der Waals surface area contributed by atoms with Gasteiger partial charge in [-0.05, 0) is 31.2 Å². The summed E-state index contributed by atoms with van der Waals surface area (Å²) in [6.45, 7) is 1.88. The van der Waals surface area contributed by atoms with Crippen molar-refractivity contribution < 1.29 is 9.53 Å². The molecule has 2 aromatic rings. The number of rotatable bonds is 5. The minimum atomic E-state index is 0.0632. The third-order valence-electron chi connectivity index (χ3n) is 2.80. The summed E-state index contributed by atoms with van der Waals surface area (Å²) in [4.78, 5) is 12.0. The molecule has 0 saturated carbocycles. The summed E-state index contributed by atoms with van der Waals surface area (Å²) >= 11 is 1.39. The molecule has 1 heterocycles. The maximum atomic E-state index is 12.0. The molecule has 2 rings (SSSR count). The van der Waals surface area contributed by atoms with Crippen molar-refractivity contribution >= 4 is 17.5 Å². The van der Waals surface area contributed by atoms with E-state index in [1.165, 1.54) is 11.8 Å². The van der Waals surface area contributed by atoms with E-state index in [2.05, 4.69) is 10.2 Å².